The summed E-state index contributed by atoms with van der Waals surface area (Å²) in [6, 6.07) is 8.89. The van der Waals surface area contributed by atoms with Crippen LogP contribution in [0.4, 0.5) is 0 Å². The van der Waals surface area contributed by atoms with Gasteiger partial charge in [0.05, 0.1) is 0 Å². The van der Waals surface area contributed by atoms with Crippen molar-refractivity contribution < 1.29 is 0 Å². The first-order chi connectivity index (χ1) is 18.9. The predicted molar refractivity (Wildman–Crippen MR) is 175 cm³/mol. The molecule has 220 valence electrons. The molecule has 1 aromatic rings. The third-order valence-corrected chi connectivity index (χ3v) is 8.53. The zero-order valence-corrected chi connectivity index (χ0v) is 26.1. The van der Waals surface area contributed by atoms with E-state index in [1.807, 2.05) is 6.08 Å². The van der Waals surface area contributed by atoms with Crippen LogP contribution in [0.5, 0.6) is 0 Å². The molecule has 0 saturated heterocycles. The van der Waals surface area contributed by atoms with E-state index in [9.17, 15) is 0 Å². The molecule has 0 saturated carbocycles. The average Bonchev–Trinajstić information content (AvgIpc) is 2.95. The minimum atomic E-state index is 1.23. The SMILES string of the molecule is C=Cc1ccc(CCCCCCCCCCCCCCCCCCCCCCCCCCCCCC)cc1. The monoisotopic (exact) mass is 525 g/mol. The molecule has 0 amide bonds. The molecule has 0 nitrogen and oxygen atoms in total. The normalized spacial score (nSPS) is 11.3. The minimum Gasteiger partial charge on any atom is -0.0985 e. The molecule has 1 aromatic carbocycles. The van der Waals surface area contributed by atoms with Gasteiger partial charge in [-0.25, -0.2) is 0 Å². The Morgan fingerprint density at radius 2 is 0.658 bits per heavy atom. The van der Waals surface area contributed by atoms with Crippen LogP contribution in [0.15, 0.2) is 30.8 Å². The lowest BCUT2D eigenvalue weighted by molar-refractivity contribution is 0.514. The maximum absolute atomic E-state index is 3.83. The zero-order valence-electron chi connectivity index (χ0n) is 26.1. The topological polar surface area (TPSA) is 0 Å². The Hall–Kier alpha value is -1.04. The summed E-state index contributed by atoms with van der Waals surface area (Å²) in [5, 5.41) is 0. The maximum Gasteiger partial charge on any atom is -0.0262 e. The summed E-state index contributed by atoms with van der Waals surface area (Å²) in [7, 11) is 0. The lowest BCUT2D eigenvalue weighted by atomic mass is 10.0. The molecule has 0 aliphatic rings. The van der Waals surface area contributed by atoms with E-state index in [0.29, 0.717) is 0 Å². The van der Waals surface area contributed by atoms with Gasteiger partial charge in [0.2, 0.25) is 0 Å². The molecule has 0 aliphatic carbocycles. The Bertz CT molecular complexity index is 583. The van der Waals surface area contributed by atoms with Crippen LogP contribution in [0.25, 0.3) is 6.08 Å². The number of rotatable bonds is 30. The van der Waals surface area contributed by atoms with Gasteiger partial charge < -0.3 is 0 Å². The van der Waals surface area contributed by atoms with Crippen molar-refractivity contribution in [2.45, 2.75) is 193 Å². The molecule has 0 fully saturated rings. The van der Waals surface area contributed by atoms with Gasteiger partial charge in [-0.2, -0.15) is 0 Å². The van der Waals surface area contributed by atoms with Gasteiger partial charge in [0.25, 0.3) is 0 Å². The quantitative estimate of drug-likeness (QED) is 0.0877. The molecule has 0 heterocycles. The van der Waals surface area contributed by atoms with Crippen molar-refractivity contribution in [1.29, 1.82) is 0 Å². The Morgan fingerprint density at radius 3 is 0.921 bits per heavy atom. The fourth-order valence-corrected chi connectivity index (χ4v) is 5.82. The van der Waals surface area contributed by atoms with Crippen LogP contribution in [0.3, 0.4) is 0 Å². The van der Waals surface area contributed by atoms with Crippen molar-refractivity contribution in [1.82, 2.24) is 0 Å². The molecule has 0 unspecified atom stereocenters. The molecule has 0 radical (unpaired) electrons. The van der Waals surface area contributed by atoms with Gasteiger partial charge in [0.15, 0.2) is 0 Å². The molecular formula is C38H68. The number of hydrogen-bond donors (Lipinski definition) is 0. The summed E-state index contributed by atoms with van der Waals surface area (Å²) in [6.07, 6.45) is 44.1. The fourth-order valence-electron chi connectivity index (χ4n) is 5.82. The average molecular weight is 525 g/mol. The van der Waals surface area contributed by atoms with Gasteiger partial charge in [-0.3, -0.25) is 0 Å². The first-order valence-electron chi connectivity index (χ1n) is 17.6. The highest BCUT2D eigenvalue weighted by atomic mass is 14.0. The standard InChI is InChI=1S/C38H68/c1-3-5-6-7-8-9-10-11-12-13-14-15-16-17-18-19-20-21-22-23-24-25-26-27-28-29-30-31-32-38-35-33-37(4-2)34-36-38/h4,33-36H,2-3,5-32H2,1H3. The highest BCUT2D eigenvalue weighted by Gasteiger charge is 1.97. The summed E-state index contributed by atoms with van der Waals surface area (Å²) >= 11 is 0. The summed E-state index contributed by atoms with van der Waals surface area (Å²) in [5.41, 5.74) is 2.70. The highest BCUT2D eigenvalue weighted by molar-refractivity contribution is 5.47. The number of hydrogen-bond acceptors (Lipinski definition) is 0. The molecule has 0 aromatic heterocycles. The summed E-state index contributed by atoms with van der Waals surface area (Å²) < 4.78 is 0. The van der Waals surface area contributed by atoms with E-state index >= 15 is 0 Å². The van der Waals surface area contributed by atoms with Crippen LogP contribution in [-0.4, -0.2) is 0 Å². The number of unbranched alkanes of at least 4 members (excludes halogenated alkanes) is 27. The van der Waals surface area contributed by atoms with Gasteiger partial charge in [0.1, 0.15) is 0 Å². The first-order valence-corrected chi connectivity index (χ1v) is 17.6. The fraction of sp³-hybridized carbons (Fsp3) is 0.789. The van der Waals surface area contributed by atoms with Gasteiger partial charge in [-0.05, 0) is 24.0 Å². The molecule has 1 rings (SSSR count). The van der Waals surface area contributed by atoms with Crippen LogP contribution >= 0.6 is 0 Å². The second-order valence-electron chi connectivity index (χ2n) is 12.2. The van der Waals surface area contributed by atoms with Gasteiger partial charge in [0, 0.05) is 0 Å². The van der Waals surface area contributed by atoms with Crippen LogP contribution < -0.4 is 0 Å². The van der Waals surface area contributed by atoms with Crippen molar-refractivity contribution >= 4 is 6.08 Å². The van der Waals surface area contributed by atoms with Crippen LogP contribution in [0.2, 0.25) is 0 Å². The van der Waals surface area contributed by atoms with E-state index in [-0.39, 0.29) is 0 Å². The second kappa shape index (κ2) is 29.0. The third kappa shape index (κ3) is 24.0. The van der Waals surface area contributed by atoms with Crippen LogP contribution in [0, 0.1) is 0 Å². The molecule has 0 atom stereocenters. The van der Waals surface area contributed by atoms with E-state index in [0.717, 1.165) is 0 Å². The number of aryl methyl sites for hydroxylation is 1. The molecular weight excluding hydrogens is 456 g/mol. The molecule has 0 aliphatic heterocycles. The number of benzene rings is 1. The van der Waals surface area contributed by atoms with Crippen molar-refractivity contribution in [3.8, 4) is 0 Å². The Labute approximate surface area is 240 Å². The lowest BCUT2D eigenvalue weighted by Crippen LogP contribution is -1.87. The Kier molecular flexibility index (Phi) is 26.7. The van der Waals surface area contributed by atoms with Gasteiger partial charge in [-0.15, -0.1) is 0 Å². The summed E-state index contributed by atoms with van der Waals surface area (Å²) in [6.45, 7) is 6.13. The first kappa shape index (κ1) is 35.0. The van der Waals surface area contributed by atoms with Crippen molar-refractivity contribution in [3.05, 3.63) is 42.0 Å². The lowest BCUT2D eigenvalue weighted by Gasteiger charge is -2.05. The van der Waals surface area contributed by atoms with Crippen molar-refractivity contribution in [2.75, 3.05) is 0 Å². The molecule has 0 spiro atoms. The van der Waals surface area contributed by atoms with E-state index in [1.165, 1.54) is 197 Å². The Balaban J connectivity index is 1.66. The van der Waals surface area contributed by atoms with E-state index in [4.69, 9.17) is 0 Å². The van der Waals surface area contributed by atoms with E-state index in [2.05, 4.69) is 37.8 Å². The van der Waals surface area contributed by atoms with E-state index in [1.54, 1.807) is 0 Å². The smallest absolute Gasteiger partial charge is 0.0262 e. The van der Waals surface area contributed by atoms with Crippen molar-refractivity contribution in [2.24, 2.45) is 0 Å². The van der Waals surface area contributed by atoms with E-state index < -0.39 is 0 Å². The zero-order chi connectivity index (χ0) is 27.2. The van der Waals surface area contributed by atoms with Crippen LogP contribution in [0.1, 0.15) is 198 Å². The van der Waals surface area contributed by atoms with Gasteiger partial charge in [-0.1, -0.05) is 217 Å². The van der Waals surface area contributed by atoms with Crippen molar-refractivity contribution in [3.63, 3.8) is 0 Å². The molecule has 0 N–H and O–H groups in total. The maximum atomic E-state index is 3.83. The van der Waals surface area contributed by atoms with Crippen LogP contribution in [-0.2, 0) is 6.42 Å². The Morgan fingerprint density at radius 1 is 0.395 bits per heavy atom. The minimum absolute atomic E-state index is 1.23. The second-order valence-corrected chi connectivity index (χ2v) is 12.2. The largest absolute Gasteiger partial charge is 0.0985 e. The third-order valence-electron chi connectivity index (χ3n) is 8.53. The molecule has 0 heteroatoms. The molecule has 38 heavy (non-hydrogen) atoms. The summed E-state index contributed by atoms with van der Waals surface area (Å²) in [4.78, 5) is 0. The highest BCUT2D eigenvalue weighted by Crippen LogP contribution is 2.17. The molecule has 0 bridgehead atoms. The summed E-state index contributed by atoms with van der Waals surface area (Å²) in [5.74, 6) is 0. The predicted octanol–water partition coefficient (Wildman–Crippen LogP) is 13.8. The van der Waals surface area contributed by atoms with Gasteiger partial charge >= 0.3 is 0 Å².